The van der Waals surface area contributed by atoms with E-state index in [4.69, 9.17) is 0 Å². The molecule has 0 spiro atoms. The molecule has 4 rings (SSSR count). The molecule has 1 unspecified atom stereocenters. The van der Waals surface area contributed by atoms with Crippen molar-refractivity contribution in [2.24, 2.45) is 5.92 Å². The van der Waals surface area contributed by atoms with Gasteiger partial charge in [-0.1, -0.05) is 67.8 Å². The number of carbonyl (C=O) groups excluding carboxylic acids is 1. The summed E-state index contributed by atoms with van der Waals surface area (Å²) in [4.78, 5) is 15.7. The van der Waals surface area contributed by atoms with Crippen molar-refractivity contribution in [1.29, 1.82) is 0 Å². The monoisotopic (exact) mass is 404 g/mol. The van der Waals surface area contributed by atoms with Gasteiger partial charge in [0.1, 0.15) is 0 Å². The predicted molar refractivity (Wildman–Crippen MR) is 125 cm³/mol. The number of rotatable bonds is 8. The number of benzene rings is 2. The summed E-state index contributed by atoms with van der Waals surface area (Å²) in [7, 11) is 0. The first kappa shape index (κ1) is 21.1. The summed E-state index contributed by atoms with van der Waals surface area (Å²) in [5, 5.41) is 3.67. The maximum atomic E-state index is 13.5. The highest BCUT2D eigenvalue weighted by molar-refractivity contribution is 5.97. The third-order valence-corrected chi connectivity index (χ3v) is 6.85. The maximum Gasteiger partial charge on any atom is 0.230 e. The van der Waals surface area contributed by atoms with E-state index in [1.807, 2.05) is 0 Å². The molecule has 1 saturated carbocycles. The molecule has 1 N–H and O–H groups in total. The van der Waals surface area contributed by atoms with Crippen LogP contribution in [0.3, 0.4) is 0 Å². The number of hydrogen-bond donors (Lipinski definition) is 1. The number of nitrogens with zero attached hydrogens (tertiary/aromatic N) is 1. The number of fused-ring (bicyclic) bond motifs is 1. The van der Waals surface area contributed by atoms with Gasteiger partial charge in [0.05, 0.1) is 0 Å². The molecular weight excluding hydrogens is 368 g/mol. The van der Waals surface area contributed by atoms with Crippen LogP contribution in [-0.2, 0) is 17.6 Å². The van der Waals surface area contributed by atoms with Gasteiger partial charge in [-0.2, -0.15) is 0 Å². The number of carbonyl (C=O) groups is 1. The molecule has 2 aromatic rings. The minimum atomic E-state index is 0.221. The number of amides is 1. The average molecular weight is 405 g/mol. The van der Waals surface area contributed by atoms with E-state index in [-0.39, 0.29) is 12.0 Å². The molecule has 0 saturated heterocycles. The van der Waals surface area contributed by atoms with E-state index < -0.39 is 0 Å². The Morgan fingerprint density at radius 3 is 2.50 bits per heavy atom. The van der Waals surface area contributed by atoms with Gasteiger partial charge in [0.15, 0.2) is 0 Å². The molecule has 0 radical (unpaired) electrons. The smallest absolute Gasteiger partial charge is 0.230 e. The highest BCUT2D eigenvalue weighted by atomic mass is 16.2. The van der Waals surface area contributed by atoms with E-state index in [9.17, 15) is 4.79 Å². The molecule has 1 fully saturated rings. The molecule has 3 nitrogen and oxygen atoms in total. The second-order valence-electron chi connectivity index (χ2n) is 9.01. The fraction of sp³-hybridized carbons (Fsp3) is 0.519. The Labute approximate surface area is 181 Å². The Kier molecular flexibility index (Phi) is 7.58. The lowest BCUT2D eigenvalue weighted by atomic mass is 9.86. The first-order chi connectivity index (χ1) is 14.8. The number of para-hydroxylation sites is 1. The van der Waals surface area contributed by atoms with Gasteiger partial charge in [0.25, 0.3) is 0 Å². The van der Waals surface area contributed by atoms with Crippen molar-refractivity contribution in [1.82, 2.24) is 5.32 Å². The summed E-state index contributed by atoms with van der Waals surface area (Å²) in [6, 6.07) is 19.6. The molecule has 1 atom stereocenters. The quantitative estimate of drug-likeness (QED) is 0.587. The third-order valence-electron chi connectivity index (χ3n) is 6.85. The van der Waals surface area contributed by atoms with Crippen molar-refractivity contribution in [3.63, 3.8) is 0 Å². The van der Waals surface area contributed by atoms with Gasteiger partial charge in [0.2, 0.25) is 5.91 Å². The maximum absolute atomic E-state index is 13.5. The Morgan fingerprint density at radius 2 is 1.67 bits per heavy atom. The summed E-state index contributed by atoms with van der Waals surface area (Å²) < 4.78 is 0. The lowest BCUT2D eigenvalue weighted by Crippen LogP contribution is -2.51. The second kappa shape index (κ2) is 10.8. The van der Waals surface area contributed by atoms with Gasteiger partial charge in [0, 0.05) is 24.2 Å². The Balaban J connectivity index is 1.32. The van der Waals surface area contributed by atoms with Gasteiger partial charge < -0.3 is 10.2 Å². The van der Waals surface area contributed by atoms with Gasteiger partial charge in [-0.05, 0) is 68.7 Å². The van der Waals surface area contributed by atoms with Crippen LogP contribution in [0.4, 0.5) is 5.69 Å². The SMILES string of the molecule is O=C(C1CCCCC1)N1c2ccccc2CCC1CNCCCCc1ccccc1. The molecule has 0 aromatic heterocycles. The minimum Gasteiger partial charge on any atom is -0.315 e. The first-order valence-electron chi connectivity index (χ1n) is 12.0. The van der Waals surface area contributed by atoms with Gasteiger partial charge >= 0.3 is 0 Å². The van der Waals surface area contributed by atoms with E-state index in [1.165, 1.54) is 43.2 Å². The van der Waals surface area contributed by atoms with Crippen LogP contribution < -0.4 is 10.2 Å². The molecule has 30 heavy (non-hydrogen) atoms. The van der Waals surface area contributed by atoms with E-state index in [1.54, 1.807) is 0 Å². The third kappa shape index (κ3) is 5.31. The molecule has 1 heterocycles. The standard InChI is InChI=1S/C27H36N2O/c30-27(24-15-5-2-6-16-24)29-25(19-18-23-14-7-8-17-26(23)29)21-28-20-10-9-13-22-11-3-1-4-12-22/h1,3-4,7-8,11-12,14,17,24-25,28H,2,5-6,9-10,13,15-16,18-21H2. The normalized spacial score (nSPS) is 19.5. The summed E-state index contributed by atoms with van der Waals surface area (Å²) in [5.74, 6) is 0.594. The van der Waals surface area contributed by atoms with Crippen LogP contribution in [0, 0.1) is 5.92 Å². The number of aryl methyl sites for hydroxylation is 2. The van der Waals surface area contributed by atoms with Crippen molar-refractivity contribution in [3.8, 4) is 0 Å². The minimum absolute atomic E-state index is 0.221. The van der Waals surface area contributed by atoms with Crippen molar-refractivity contribution in [2.45, 2.75) is 70.3 Å². The fourth-order valence-corrected chi connectivity index (χ4v) is 5.14. The Hall–Kier alpha value is -2.13. The number of anilines is 1. The molecular formula is C27H36N2O. The highest BCUT2D eigenvalue weighted by Gasteiger charge is 2.34. The zero-order valence-electron chi connectivity index (χ0n) is 18.2. The van der Waals surface area contributed by atoms with Crippen LogP contribution in [0.25, 0.3) is 0 Å². The van der Waals surface area contributed by atoms with E-state index in [0.717, 1.165) is 50.9 Å². The van der Waals surface area contributed by atoms with Gasteiger partial charge in [-0.3, -0.25) is 4.79 Å². The summed E-state index contributed by atoms with van der Waals surface area (Å²) in [6.45, 7) is 1.93. The van der Waals surface area contributed by atoms with Crippen molar-refractivity contribution in [3.05, 3.63) is 65.7 Å². The molecule has 2 aliphatic rings. The van der Waals surface area contributed by atoms with E-state index >= 15 is 0 Å². The Bertz CT molecular complexity index is 798. The van der Waals surface area contributed by atoms with E-state index in [0.29, 0.717) is 5.91 Å². The second-order valence-corrected chi connectivity index (χ2v) is 9.01. The fourth-order valence-electron chi connectivity index (χ4n) is 5.14. The van der Waals surface area contributed by atoms with Crippen LogP contribution in [0.2, 0.25) is 0 Å². The van der Waals surface area contributed by atoms with Crippen molar-refractivity contribution >= 4 is 11.6 Å². The van der Waals surface area contributed by atoms with Gasteiger partial charge in [-0.15, -0.1) is 0 Å². The summed E-state index contributed by atoms with van der Waals surface area (Å²) in [5.41, 5.74) is 3.92. The van der Waals surface area contributed by atoms with Gasteiger partial charge in [-0.25, -0.2) is 0 Å². The number of nitrogens with one attached hydrogen (secondary N) is 1. The van der Waals surface area contributed by atoms with Crippen molar-refractivity contribution in [2.75, 3.05) is 18.0 Å². The summed E-state index contributed by atoms with van der Waals surface area (Å²) in [6.07, 6.45) is 11.5. The van der Waals surface area contributed by atoms with Crippen LogP contribution in [0.5, 0.6) is 0 Å². The summed E-state index contributed by atoms with van der Waals surface area (Å²) >= 11 is 0. The molecule has 3 heteroatoms. The molecule has 0 bridgehead atoms. The van der Waals surface area contributed by atoms with Crippen LogP contribution in [0.15, 0.2) is 54.6 Å². The zero-order valence-corrected chi connectivity index (χ0v) is 18.2. The first-order valence-corrected chi connectivity index (χ1v) is 12.0. The number of hydrogen-bond acceptors (Lipinski definition) is 2. The lowest BCUT2D eigenvalue weighted by Gasteiger charge is -2.40. The Morgan fingerprint density at radius 1 is 0.900 bits per heavy atom. The van der Waals surface area contributed by atoms with Crippen LogP contribution in [0.1, 0.15) is 62.5 Å². The van der Waals surface area contributed by atoms with E-state index in [2.05, 4.69) is 64.8 Å². The van der Waals surface area contributed by atoms with Crippen molar-refractivity contribution < 1.29 is 4.79 Å². The highest BCUT2D eigenvalue weighted by Crippen LogP contribution is 2.34. The predicted octanol–water partition coefficient (Wildman–Crippen LogP) is 5.53. The molecule has 160 valence electrons. The molecule has 1 aliphatic heterocycles. The average Bonchev–Trinajstić information content (AvgIpc) is 2.82. The topological polar surface area (TPSA) is 32.3 Å². The molecule has 2 aromatic carbocycles. The lowest BCUT2D eigenvalue weighted by molar-refractivity contribution is -0.123. The van der Waals surface area contributed by atoms with Crippen LogP contribution in [-0.4, -0.2) is 25.0 Å². The molecule has 1 aliphatic carbocycles. The van der Waals surface area contributed by atoms with Crippen LogP contribution >= 0.6 is 0 Å². The zero-order chi connectivity index (χ0) is 20.6. The number of unbranched alkanes of at least 4 members (excludes halogenated alkanes) is 1. The molecule has 1 amide bonds. The largest absolute Gasteiger partial charge is 0.315 e.